The molecule has 15 heavy (non-hydrogen) atoms. The van der Waals surface area contributed by atoms with Crippen LogP contribution in [0.4, 0.5) is 0 Å². The lowest BCUT2D eigenvalue weighted by Gasteiger charge is -2.17. The summed E-state index contributed by atoms with van der Waals surface area (Å²) >= 11 is 0. The van der Waals surface area contributed by atoms with Gasteiger partial charge in [-0.1, -0.05) is 26.0 Å². The first-order valence-corrected chi connectivity index (χ1v) is 5.68. The Morgan fingerprint density at radius 1 is 1.20 bits per heavy atom. The Bertz CT molecular complexity index is 244. The van der Waals surface area contributed by atoms with E-state index in [0.29, 0.717) is 0 Å². The van der Waals surface area contributed by atoms with Gasteiger partial charge in [0.15, 0.2) is 0 Å². The molecule has 0 N–H and O–H groups in total. The van der Waals surface area contributed by atoms with Crippen LogP contribution in [0.25, 0.3) is 0 Å². The maximum atomic E-state index is 5.60. The first kappa shape index (κ1) is 12.1. The topological polar surface area (TPSA) is 12.5 Å². The average molecular weight is 206 g/mol. The van der Waals surface area contributed by atoms with E-state index in [1.54, 1.807) is 0 Å². The standard InChI is InChI=1S/C13H20NO/c1-3-14(4-2)11-8-12-15-13-9-6-5-7-10-13/h6-7,9-10H,3-4,8,11-12H2,1-2H3. The average Bonchev–Trinajstić information content (AvgIpc) is 2.31. The van der Waals surface area contributed by atoms with Gasteiger partial charge in [-0.3, -0.25) is 0 Å². The third kappa shape index (κ3) is 4.84. The van der Waals surface area contributed by atoms with Crippen molar-refractivity contribution in [2.75, 3.05) is 26.2 Å². The monoisotopic (exact) mass is 206 g/mol. The minimum atomic E-state index is 0.792. The van der Waals surface area contributed by atoms with Crippen molar-refractivity contribution < 1.29 is 4.74 Å². The van der Waals surface area contributed by atoms with Crippen molar-refractivity contribution in [2.45, 2.75) is 20.3 Å². The Kier molecular flexibility index (Phi) is 5.86. The van der Waals surface area contributed by atoms with Crippen molar-refractivity contribution in [1.29, 1.82) is 0 Å². The molecule has 83 valence electrons. The third-order valence-corrected chi connectivity index (χ3v) is 2.47. The number of ether oxygens (including phenoxy) is 1. The van der Waals surface area contributed by atoms with Crippen molar-refractivity contribution in [1.82, 2.24) is 4.90 Å². The van der Waals surface area contributed by atoms with Gasteiger partial charge in [-0.2, -0.15) is 0 Å². The molecule has 0 atom stereocenters. The molecule has 1 rings (SSSR count). The van der Waals surface area contributed by atoms with Gasteiger partial charge in [0.25, 0.3) is 0 Å². The number of rotatable bonds is 7. The van der Waals surface area contributed by atoms with Gasteiger partial charge in [-0.25, -0.2) is 0 Å². The van der Waals surface area contributed by atoms with Gasteiger partial charge < -0.3 is 9.64 Å². The highest BCUT2D eigenvalue weighted by Crippen LogP contribution is 2.08. The Hall–Kier alpha value is -1.02. The largest absolute Gasteiger partial charge is 0.494 e. The van der Waals surface area contributed by atoms with E-state index >= 15 is 0 Å². The summed E-state index contributed by atoms with van der Waals surface area (Å²) in [7, 11) is 0. The Morgan fingerprint density at radius 2 is 1.87 bits per heavy atom. The molecule has 0 aliphatic rings. The molecule has 0 bridgehead atoms. The molecule has 0 aliphatic heterocycles. The van der Waals surface area contributed by atoms with E-state index < -0.39 is 0 Å². The lowest BCUT2D eigenvalue weighted by Crippen LogP contribution is -2.25. The van der Waals surface area contributed by atoms with E-state index in [2.05, 4.69) is 24.8 Å². The summed E-state index contributed by atoms with van der Waals surface area (Å²) in [4.78, 5) is 2.40. The van der Waals surface area contributed by atoms with Crippen molar-refractivity contribution in [3.05, 3.63) is 30.3 Å². The molecular formula is C13H20NO. The van der Waals surface area contributed by atoms with Crippen LogP contribution in [0.1, 0.15) is 20.3 Å². The van der Waals surface area contributed by atoms with Crippen LogP contribution in [0.5, 0.6) is 5.75 Å². The van der Waals surface area contributed by atoms with Crippen LogP contribution < -0.4 is 4.74 Å². The molecule has 1 aromatic rings. The van der Waals surface area contributed by atoms with Gasteiger partial charge in [0.05, 0.1) is 6.61 Å². The first-order valence-electron chi connectivity index (χ1n) is 5.68. The fraction of sp³-hybridized carbons (Fsp3) is 0.538. The zero-order valence-electron chi connectivity index (χ0n) is 9.70. The van der Waals surface area contributed by atoms with Crippen molar-refractivity contribution in [2.24, 2.45) is 0 Å². The van der Waals surface area contributed by atoms with E-state index in [1.807, 2.05) is 24.3 Å². The minimum absolute atomic E-state index is 0.792. The molecule has 0 saturated carbocycles. The minimum Gasteiger partial charge on any atom is -0.494 e. The predicted molar refractivity (Wildman–Crippen MR) is 63.2 cm³/mol. The molecule has 0 unspecified atom stereocenters. The highest BCUT2D eigenvalue weighted by molar-refractivity contribution is 5.20. The van der Waals surface area contributed by atoms with Crippen LogP contribution in [0.3, 0.4) is 0 Å². The van der Waals surface area contributed by atoms with Crippen LogP contribution >= 0.6 is 0 Å². The number of benzene rings is 1. The lowest BCUT2D eigenvalue weighted by atomic mass is 10.3. The molecule has 0 aromatic heterocycles. The van der Waals surface area contributed by atoms with E-state index in [-0.39, 0.29) is 0 Å². The zero-order valence-corrected chi connectivity index (χ0v) is 9.70. The molecule has 0 spiro atoms. The molecular weight excluding hydrogens is 186 g/mol. The van der Waals surface area contributed by atoms with Gasteiger partial charge in [-0.15, -0.1) is 0 Å². The second kappa shape index (κ2) is 7.30. The summed E-state index contributed by atoms with van der Waals surface area (Å²) < 4.78 is 5.60. The number of nitrogens with zero attached hydrogens (tertiary/aromatic N) is 1. The van der Waals surface area contributed by atoms with Crippen LogP contribution in [0.15, 0.2) is 24.3 Å². The van der Waals surface area contributed by atoms with Crippen molar-refractivity contribution >= 4 is 0 Å². The molecule has 2 nitrogen and oxygen atoms in total. The second-order valence-corrected chi connectivity index (χ2v) is 3.46. The second-order valence-electron chi connectivity index (χ2n) is 3.46. The molecule has 0 heterocycles. The predicted octanol–water partition coefficient (Wildman–Crippen LogP) is 2.60. The fourth-order valence-electron chi connectivity index (χ4n) is 1.49. The maximum absolute atomic E-state index is 5.60. The van der Waals surface area contributed by atoms with E-state index in [0.717, 1.165) is 38.4 Å². The van der Waals surface area contributed by atoms with Crippen LogP contribution in [-0.4, -0.2) is 31.1 Å². The van der Waals surface area contributed by atoms with Gasteiger partial charge >= 0.3 is 0 Å². The highest BCUT2D eigenvalue weighted by Gasteiger charge is 1.98. The molecule has 0 aliphatic carbocycles. The fourth-order valence-corrected chi connectivity index (χ4v) is 1.49. The van der Waals surface area contributed by atoms with Crippen LogP contribution in [-0.2, 0) is 0 Å². The third-order valence-electron chi connectivity index (χ3n) is 2.47. The van der Waals surface area contributed by atoms with Crippen LogP contribution in [0, 0.1) is 6.07 Å². The Labute approximate surface area is 92.9 Å². The number of hydrogen-bond donors (Lipinski definition) is 0. The van der Waals surface area contributed by atoms with Crippen molar-refractivity contribution in [3.8, 4) is 5.75 Å². The van der Waals surface area contributed by atoms with Gasteiger partial charge in [-0.05, 0) is 37.7 Å². The maximum Gasteiger partial charge on any atom is 0.119 e. The first-order chi connectivity index (χ1) is 7.36. The summed E-state index contributed by atoms with van der Waals surface area (Å²) in [5, 5.41) is 0. The normalized spacial score (nSPS) is 10.6. The quantitative estimate of drug-likeness (QED) is 0.636. The highest BCUT2D eigenvalue weighted by atomic mass is 16.5. The van der Waals surface area contributed by atoms with Crippen molar-refractivity contribution in [3.63, 3.8) is 0 Å². The molecule has 0 amide bonds. The SMILES string of the molecule is CCN(CC)CCCOc1cc[c]cc1. The van der Waals surface area contributed by atoms with E-state index in [1.165, 1.54) is 0 Å². The summed E-state index contributed by atoms with van der Waals surface area (Å²) in [5.41, 5.74) is 0. The summed E-state index contributed by atoms with van der Waals surface area (Å²) in [6.07, 6.45) is 1.08. The van der Waals surface area contributed by atoms with Gasteiger partial charge in [0.2, 0.25) is 0 Å². The Morgan fingerprint density at radius 3 is 2.47 bits per heavy atom. The molecule has 2 heteroatoms. The summed E-state index contributed by atoms with van der Waals surface area (Å²) in [6, 6.07) is 10.6. The lowest BCUT2D eigenvalue weighted by molar-refractivity contribution is 0.249. The summed E-state index contributed by atoms with van der Waals surface area (Å²) in [5.74, 6) is 0.938. The van der Waals surface area contributed by atoms with E-state index in [9.17, 15) is 0 Å². The van der Waals surface area contributed by atoms with Gasteiger partial charge in [0.1, 0.15) is 5.75 Å². The van der Waals surface area contributed by atoms with Crippen LogP contribution in [0.2, 0.25) is 0 Å². The Balaban J connectivity index is 2.12. The van der Waals surface area contributed by atoms with Gasteiger partial charge in [0, 0.05) is 6.54 Å². The molecule has 1 radical (unpaired) electrons. The summed E-state index contributed by atoms with van der Waals surface area (Å²) in [6.45, 7) is 8.54. The number of hydrogen-bond acceptors (Lipinski definition) is 2. The smallest absolute Gasteiger partial charge is 0.119 e. The zero-order chi connectivity index (χ0) is 10.9. The van der Waals surface area contributed by atoms with E-state index in [4.69, 9.17) is 4.74 Å². The molecule has 1 aromatic carbocycles. The molecule has 0 fully saturated rings. The molecule has 0 saturated heterocycles.